The normalized spacial score (nSPS) is 32.9. The zero-order valence-electron chi connectivity index (χ0n) is 8.35. The molecular formula is C11H15NO2. The van der Waals surface area contributed by atoms with Crippen molar-refractivity contribution in [3.05, 3.63) is 41.1 Å². The zero-order chi connectivity index (χ0) is 10.0. The van der Waals surface area contributed by atoms with Crippen molar-refractivity contribution in [2.45, 2.75) is 12.6 Å². The van der Waals surface area contributed by atoms with Gasteiger partial charge in [0.25, 0.3) is 0 Å². The smallest absolute Gasteiger partial charge is 0.219 e. The van der Waals surface area contributed by atoms with E-state index in [9.17, 15) is 5.21 Å². The van der Waals surface area contributed by atoms with Crippen LogP contribution < -0.4 is 0 Å². The van der Waals surface area contributed by atoms with Gasteiger partial charge in [-0.3, -0.25) is 0 Å². The number of ether oxygens (including phenoxy) is 1. The number of hydrogen-bond donors (Lipinski definition) is 0. The molecule has 2 rings (SSSR count). The molecule has 76 valence electrons. The van der Waals surface area contributed by atoms with E-state index in [4.69, 9.17) is 4.74 Å². The summed E-state index contributed by atoms with van der Waals surface area (Å²) in [4.78, 5) is 0. The van der Waals surface area contributed by atoms with Crippen LogP contribution in [0.15, 0.2) is 30.3 Å². The summed E-state index contributed by atoms with van der Waals surface area (Å²) in [5.41, 5.74) is 0.977. The van der Waals surface area contributed by atoms with Crippen molar-refractivity contribution in [2.24, 2.45) is 0 Å². The van der Waals surface area contributed by atoms with Gasteiger partial charge in [0, 0.05) is 12.0 Å². The minimum atomic E-state index is -0.343. The van der Waals surface area contributed by atoms with Crippen LogP contribution in [0.2, 0.25) is 0 Å². The highest BCUT2D eigenvalue weighted by molar-refractivity contribution is 5.16. The largest absolute Gasteiger partial charge is 0.631 e. The Morgan fingerprint density at radius 2 is 2.07 bits per heavy atom. The van der Waals surface area contributed by atoms with Crippen molar-refractivity contribution in [1.82, 2.24) is 0 Å². The molecule has 2 atom stereocenters. The average molecular weight is 193 g/mol. The highest BCUT2D eigenvalue weighted by Gasteiger charge is 2.30. The molecule has 1 fully saturated rings. The molecule has 0 aromatic heterocycles. The Balaban J connectivity index is 2.24. The van der Waals surface area contributed by atoms with Crippen molar-refractivity contribution in [1.29, 1.82) is 0 Å². The number of hydrogen-bond acceptors (Lipinski definition) is 2. The lowest BCUT2D eigenvalue weighted by Gasteiger charge is -2.47. The standard InChI is InChI=1S/C11H15NO2/c1-12(13)8-5-9-14-11(12)10-6-3-2-4-7-10/h2-4,6-7,11H,5,8-9H2,1H3. The van der Waals surface area contributed by atoms with Gasteiger partial charge in [-0.25, -0.2) is 0 Å². The Kier molecular flexibility index (Phi) is 2.54. The van der Waals surface area contributed by atoms with Gasteiger partial charge in [0.1, 0.15) is 0 Å². The van der Waals surface area contributed by atoms with Crippen molar-refractivity contribution in [3.8, 4) is 0 Å². The van der Waals surface area contributed by atoms with Gasteiger partial charge in [-0.1, -0.05) is 30.3 Å². The van der Waals surface area contributed by atoms with E-state index < -0.39 is 0 Å². The second kappa shape index (κ2) is 3.69. The lowest BCUT2D eigenvalue weighted by Crippen LogP contribution is -2.47. The maximum absolute atomic E-state index is 12.1. The number of rotatable bonds is 1. The SMILES string of the molecule is C[N+]1([O-])CCCOC1c1ccccc1. The van der Waals surface area contributed by atoms with Gasteiger partial charge >= 0.3 is 0 Å². The molecule has 0 aliphatic carbocycles. The van der Waals surface area contributed by atoms with E-state index in [2.05, 4.69) is 0 Å². The maximum Gasteiger partial charge on any atom is 0.219 e. The molecule has 1 aliphatic rings. The van der Waals surface area contributed by atoms with Crippen LogP contribution in [0, 0.1) is 5.21 Å². The highest BCUT2D eigenvalue weighted by Crippen LogP contribution is 2.30. The summed E-state index contributed by atoms with van der Waals surface area (Å²) in [6, 6.07) is 9.72. The molecule has 14 heavy (non-hydrogen) atoms. The molecule has 0 amide bonds. The summed E-state index contributed by atoms with van der Waals surface area (Å²) >= 11 is 0. The molecule has 0 spiro atoms. The fraction of sp³-hybridized carbons (Fsp3) is 0.455. The maximum atomic E-state index is 12.1. The van der Waals surface area contributed by atoms with E-state index in [1.807, 2.05) is 30.3 Å². The van der Waals surface area contributed by atoms with Crippen LogP contribution in [-0.4, -0.2) is 24.8 Å². The third-order valence-electron chi connectivity index (χ3n) is 2.60. The first-order valence-corrected chi connectivity index (χ1v) is 4.93. The Hall–Kier alpha value is -0.900. The summed E-state index contributed by atoms with van der Waals surface area (Å²) in [6.07, 6.45) is 0.508. The molecule has 3 nitrogen and oxygen atoms in total. The lowest BCUT2D eigenvalue weighted by atomic mass is 10.1. The van der Waals surface area contributed by atoms with E-state index in [0.29, 0.717) is 13.2 Å². The fourth-order valence-electron chi connectivity index (χ4n) is 1.88. The summed E-state index contributed by atoms with van der Waals surface area (Å²) in [6.45, 7) is 1.33. The van der Waals surface area contributed by atoms with Gasteiger partial charge in [-0.2, -0.15) is 0 Å². The molecule has 1 aromatic carbocycles. The Morgan fingerprint density at radius 3 is 2.71 bits per heavy atom. The highest BCUT2D eigenvalue weighted by atomic mass is 16.6. The predicted octanol–water partition coefficient (Wildman–Crippen LogP) is 2.05. The topological polar surface area (TPSA) is 32.3 Å². The first kappa shape index (κ1) is 9.65. The fourth-order valence-corrected chi connectivity index (χ4v) is 1.88. The molecule has 0 bridgehead atoms. The van der Waals surface area contributed by atoms with Crippen molar-refractivity contribution in [2.75, 3.05) is 20.2 Å². The average Bonchev–Trinajstić information content (AvgIpc) is 2.18. The van der Waals surface area contributed by atoms with Crippen LogP contribution in [0.5, 0.6) is 0 Å². The molecule has 3 heteroatoms. The van der Waals surface area contributed by atoms with E-state index >= 15 is 0 Å². The number of nitrogens with zero attached hydrogens (tertiary/aromatic N) is 1. The quantitative estimate of drug-likeness (QED) is 0.505. The molecule has 1 aromatic rings. The summed E-state index contributed by atoms with van der Waals surface area (Å²) < 4.78 is 5.22. The minimum absolute atomic E-state index is 0.315. The van der Waals surface area contributed by atoms with Crippen LogP contribution >= 0.6 is 0 Å². The lowest BCUT2D eigenvalue weighted by molar-refractivity contribution is -0.925. The number of hydroxylamine groups is 3. The summed E-state index contributed by atoms with van der Waals surface area (Å²) in [5.74, 6) is 0. The molecule has 0 N–H and O–H groups in total. The third-order valence-corrected chi connectivity index (χ3v) is 2.60. The molecule has 2 unspecified atom stereocenters. The Morgan fingerprint density at radius 1 is 1.36 bits per heavy atom. The number of quaternary nitrogens is 1. The van der Waals surface area contributed by atoms with E-state index in [0.717, 1.165) is 12.0 Å². The summed E-state index contributed by atoms with van der Waals surface area (Å²) in [5, 5.41) is 12.1. The van der Waals surface area contributed by atoms with Crippen LogP contribution in [0.3, 0.4) is 0 Å². The first-order valence-electron chi connectivity index (χ1n) is 4.93. The molecular weight excluding hydrogens is 178 g/mol. The van der Waals surface area contributed by atoms with E-state index in [1.165, 1.54) is 0 Å². The van der Waals surface area contributed by atoms with Crippen molar-refractivity contribution in [3.63, 3.8) is 0 Å². The molecule has 1 saturated heterocycles. The Labute approximate surface area is 84.1 Å². The monoisotopic (exact) mass is 193 g/mol. The first-order chi connectivity index (χ1) is 6.70. The van der Waals surface area contributed by atoms with E-state index in [1.54, 1.807) is 7.05 Å². The molecule has 0 saturated carbocycles. The van der Waals surface area contributed by atoms with Gasteiger partial charge in [-0.05, 0) is 0 Å². The van der Waals surface area contributed by atoms with Gasteiger partial charge in [0.05, 0.1) is 20.2 Å². The second-order valence-corrected chi connectivity index (χ2v) is 3.89. The third kappa shape index (κ3) is 1.80. The van der Waals surface area contributed by atoms with Crippen LogP contribution in [0.1, 0.15) is 18.2 Å². The van der Waals surface area contributed by atoms with Crippen LogP contribution in [-0.2, 0) is 4.74 Å². The van der Waals surface area contributed by atoms with Crippen LogP contribution in [0.25, 0.3) is 0 Å². The van der Waals surface area contributed by atoms with Crippen molar-refractivity contribution < 1.29 is 9.38 Å². The van der Waals surface area contributed by atoms with Gasteiger partial charge in [-0.15, -0.1) is 0 Å². The molecule has 0 radical (unpaired) electrons. The predicted molar refractivity (Wildman–Crippen MR) is 54.2 cm³/mol. The van der Waals surface area contributed by atoms with Gasteiger partial charge < -0.3 is 14.6 Å². The summed E-state index contributed by atoms with van der Waals surface area (Å²) in [7, 11) is 1.68. The molecule has 1 aliphatic heterocycles. The number of benzene rings is 1. The Bertz CT molecular complexity index is 297. The second-order valence-electron chi connectivity index (χ2n) is 3.89. The van der Waals surface area contributed by atoms with Gasteiger partial charge in [0.2, 0.25) is 6.23 Å². The zero-order valence-corrected chi connectivity index (χ0v) is 8.35. The van der Waals surface area contributed by atoms with Crippen molar-refractivity contribution >= 4 is 0 Å². The van der Waals surface area contributed by atoms with Gasteiger partial charge in [0.15, 0.2) is 0 Å². The van der Waals surface area contributed by atoms with E-state index in [-0.39, 0.29) is 10.9 Å². The minimum Gasteiger partial charge on any atom is -0.631 e. The molecule has 1 heterocycles. The van der Waals surface area contributed by atoms with Crippen LogP contribution in [0.4, 0.5) is 0 Å².